The van der Waals surface area contributed by atoms with Crippen molar-refractivity contribution < 1.29 is 0 Å². The van der Waals surface area contributed by atoms with E-state index in [1.807, 2.05) is 12.3 Å². The van der Waals surface area contributed by atoms with Gasteiger partial charge in [0.15, 0.2) is 0 Å². The van der Waals surface area contributed by atoms with Crippen molar-refractivity contribution in [3.05, 3.63) is 20.3 Å². The molecule has 0 aliphatic carbocycles. The largest absolute Gasteiger partial charge is 0.146 e. The first kappa shape index (κ1) is 6.40. The lowest BCUT2D eigenvalue weighted by molar-refractivity contribution is 1.64. The quantitative estimate of drug-likeness (QED) is 0.555. The molecular formula is C5H4Cl2S. The average molecular weight is 167 g/mol. The molecule has 1 rings (SSSR count). The summed E-state index contributed by atoms with van der Waals surface area (Å²) < 4.78 is 0. The molecular weight excluding hydrogens is 163 g/mol. The van der Waals surface area contributed by atoms with Crippen molar-refractivity contribution >= 4 is 34.5 Å². The Morgan fingerprint density at radius 2 is 2.12 bits per heavy atom. The van der Waals surface area contributed by atoms with E-state index in [9.17, 15) is 0 Å². The molecule has 1 aromatic rings. The zero-order valence-electron chi connectivity index (χ0n) is 4.24. The molecule has 0 radical (unpaired) electrons. The molecule has 3 heteroatoms. The Labute approximate surface area is 62.0 Å². The van der Waals surface area contributed by atoms with Crippen molar-refractivity contribution in [3.8, 4) is 0 Å². The van der Waals surface area contributed by atoms with Gasteiger partial charge in [-0.25, -0.2) is 0 Å². The minimum absolute atomic E-state index is 0.661. The van der Waals surface area contributed by atoms with Gasteiger partial charge in [-0.1, -0.05) is 23.2 Å². The van der Waals surface area contributed by atoms with Crippen LogP contribution in [0.25, 0.3) is 0 Å². The molecule has 0 unspecified atom stereocenters. The normalized spacial score (nSPS) is 9.88. The molecule has 44 valence electrons. The second-order valence-corrected chi connectivity index (χ2v) is 3.32. The number of aryl methyl sites for hydroxylation is 1. The van der Waals surface area contributed by atoms with E-state index >= 15 is 0 Å². The van der Waals surface area contributed by atoms with Gasteiger partial charge >= 0.3 is 0 Å². The van der Waals surface area contributed by atoms with Crippen LogP contribution >= 0.6 is 34.5 Å². The highest BCUT2D eigenvalue weighted by atomic mass is 35.5. The van der Waals surface area contributed by atoms with Crippen LogP contribution in [0.1, 0.15) is 4.88 Å². The Hall–Kier alpha value is 0.280. The summed E-state index contributed by atoms with van der Waals surface area (Å²) in [6.07, 6.45) is 0. The van der Waals surface area contributed by atoms with Gasteiger partial charge in [-0.3, -0.25) is 0 Å². The summed E-state index contributed by atoms with van der Waals surface area (Å²) in [5, 5.41) is 3.19. The summed E-state index contributed by atoms with van der Waals surface area (Å²) in [5.74, 6) is 0. The van der Waals surface area contributed by atoms with E-state index in [-0.39, 0.29) is 0 Å². The summed E-state index contributed by atoms with van der Waals surface area (Å²) in [5.41, 5.74) is 0. The third-order valence-corrected chi connectivity index (χ3v) is 2.89. The van der Waals surface area contributed by atoms with E-state index in [0.717, 1.165) is 4.88 Å². The second kappa shape index (κ2) is 2.26. The van der Waals surface area contributed by atoms with Crippen molar-refractivity contribution in [1.29, 1.82) is 0 Å². The Morgan fingerprint density at radius 1 is 1.50 bits per heavy atom. The highest BCUT2D eigenvalue weighted by Crippen LogP contribution is 2.30. The highest BCUT2D eigenvalue weighted by Gasteiger charge is 2.00. The fourth-order valence-electron chi connectivity index (χ4n) is 0.412. The number of halogens is 2. The van der Waals surface area contributed by atoms with E-state index < -0.39 is 0 Å². The van der Waals surface area contributed by atoms with Crippen LogP contribution in [-0.2, 0) is 0 Å². The number of hydrogen-bond donors (Lipinski definition) is 0. The van der Waals surface area contributed by atoms with Gasteiger partial charge in [0.1, 0.15) is 0 Å². The molecule has 0 spiro atoms. The lowest BCUT2D eigenvalue weighted by atomic mass is 10.5. The topological polar surface area (TPSA) is 0 Å². The summed E-state index contributed by atoms with van der Waals surface area (Å²) in [6, 6.07) is 0. The van der Waals surface area contributed by atoms with Crippen LogP contribution < -0.4 is 0 Å². The zero-order valence-corrected chi connectivity index (χ0v) is 6.57. The third kappa shape index (κ3) is 0.993. The van der Waals surface area contributed by atoms with Gasteiger partial charge in [-0.2, -0.15) is 0 Å². The molecule has 0 amide bonds. The van der Waals surface area contributed by atoms with Gasteiger partial charge < -0.3 is 0 Å². The second-order valence-electron chi connectivity index (χ2n) is 1.45. The first-order valence-electron chi connectivity index (χ1n) is 2.11. The van der Waals surface area contributed by atoms with Gasteiger partial charge in [-0.15, -0.1) is 11.3 Å². The zero-order chi connectivity index (χ0) is 6.15. The summed E-state index contributed by atoms with van der Waals surface area (Å²) >= 11 is 12.8. The van der Waals surface area contributed by atoms with Gasteiger partial charge in [0.05, 0.1) is 10.0 Å². The summed E-state index contributed by atoms with van der Waals surface area (Å²) in [4.78, 5) is 1.08. The summed E-state index contributed by atoms with van der Waals surface area (Å²) in [7, 11) is 0. The first-order valence-corrected chi connectivity index (χ1v) is 3.74. The Morgan fingerprint density at radius 3 is 2.25 bits per heavy atom. The predicted octanol–water partition coefficient (Wildman–Crippen LogP) is 3.36. The minimum Gasteiger partial charge on any atom is -0.146 e. The smallest absolute Gasteiger partial charge is 0.0728 e. The lowest BCUT2D eigenvalue weighted by Gasteiger charge is -1.81. The van der Waals surface area contributed by atoms with Crippen molar-refractivity contribution in [2.45, 2.75) is 6.92 Å². The number of thiophene rings is 1. The number of hydrogen-bond acceptors (Lipinski definition) is 1. The van der Waals surface area contributed by atoms with Crippen LogP contribution in [0.15, 0.2) is 5.38 Å². The van der Waals surface area contributed by atoms with Crippen molar-refractivity contribution in [2.75, 3.05) is 0 Å². The fourth-order valence-corrected chi connectivity index (χ4v) is 1.61. The van der Waals surface area contributed by atoms with E-state index in [1.54, 1.807) is 11.3 Å². The maximum absolute atomic E-state index is 5.67. The van der Waals surface area contributed by atoms with E-state index in [0.29, 0.717) is 10.0 Å². The van der Waals surface area contributed by atoms with Crippen LogP contribution in [0.5, 0.6) is 0 Å². The van der Waals surface area contributed by atoms with Crippen LogP contribution in [0, 0.1) is 6.92 Å². The Balaban J connectivity index is 3.19. The molecule has 0 fully saturated rings. The molecule has 0 atom stereocenters. The maximum Gasteiger partial charge on any atom is 0.0728 e. The third-order valence-electron chi connectivity index (χ3n) is 0.858. The fraction of sp³-hybridized carbons (Fsp3) is 0.200. The molecule has 1 aromatic heterocycles. The standard InChI is InChI=1S/C5H4Cl2S/c1-3-5(7)4(6)2-8-3/h2H,1H3. The van der Waals surface area contributed by atoms with Crippen LogP contribution in [0.2, 0.25) is 10.0 Å². The van der Waals surface area contributed by atoms with Gasteiger partial charge in [-0.05, 0) is 6.92 Å². The Bertz CT molecular complexity index is 173. The van der Waals surface area contributed by atoms with Gasteiger partial charge in [0.25, 0.3) is 0 Å². The molecule has 0 nitrogen and oxygen atoms in total. The van der Waals surface area contributed by atoms with Crippen molar-refractivity contribution in [2.24, 2.45) is 0 Å². The van der Waals surface area contributed by atoms with Gasteiger partial charge in [0.2, 0.25) is 0 Å². The first-order chi connectivity index (χ1) is 3.72. The molecule has 8 heavy (non-hydrogen) atoms. The van der Waals surface area contributed by atoms with Crippen LogP contribution in [0.3, 0.4) is 0 Å². The molecule has 0 aliphatic rings. The minimum atomic E-state index is 0.661. The summed E-state index contributed by atoms with van der Waals surface area (Å²) in [6.45, 7) is 1.94. The molecule has 0 aromatic carbocycles. The molecule has 1 heterocycles. The SMILES string of the molecule is Cc1scc(Cl)c1Cl. The van der Waals surface area contributed by atoms with E-state index in [4.69, 9.17) is 23.2 Å². The molecule has 0 aliphatic heterocycles. The highest BCUT2D eigenvalue weighted by molar-refractivity contribution is 7.11. The molecule has 0 saturated heterocycles. The molecule has 0 saturated carbocycles. The predicted molar refractivity (Wildman–Crippen MR) is 39.1 cm³/mol. The number of rotatable bonds is 0. The van der Waals surface area contributed by atoms with Crippen molar-refractivity contribution in [1.82, 2.24) is 0 Å². The monoisotopic (exact) mass is 166 g/mol. The lowest BCUT2D eigenvalue weighted by Crippen LogP contribution is -1.56. The van der Waals surface area contributed by atoms with E-state index in [1.165, 1.54) is 0 Å². The average Bonchev–Trinajstić information content (AvgIpc) is 1.98. The van der Waals surface area contributed by atoms with Crippen LogP contribution in [-0.4, -0.2) is 0 Å². The Kier molecular flexibility index (Phi) is 1.81. The maximum atomic E-state index is 5.67. The van der Waals surface area contributed by atoms with Gasteiger partial charge in [0, 0.05) is 10.3 Å². The van der Waals surface area contributed by atoms with Crippen molar-refractivity contribution in [3.63, 3.8) is 0 Å². The van der Waals surface area contributed by atoms with Crippen LogP contribution in [0.4, 0.5) is 0 Å². The van der Waals surface area contributed by atoms with E-state index in [2.05, 4.69) is 0 Å². The molecule has 0 bridgehead atoms. The molecule has 0 N–H and O–H groups in total.